The lowest BCUT2D eigenvalue weighted by Gasteiger charge is -2.15. The Bertz CT molecular complexity index is 689. The van der Waals surface area contributed by atoms with Gasteiger partial charge >= 0.3 is 0 Å². The van der Waals surface area contributed by atoms with E-state index in [2.05, 4.69) is 20.6 Å². The first-order valence-corrected chi connectivity index (χ1v) is 6.24. The minimum Gasteiger partial charge on any atom is -0.341 e. The minimum atomic E-state index is -0.540. The summed E-state index contributed by atoms with van der Waals surface area (Å²) in [4.78, 5) is 30.3. The van der Waals surface area contributed by atoms with Crippen molar-refractivity contribution in [3.05, 3.63) is 42.0 Å². The molecule has 3 N–H and O–H groups in total. The lowest BCUT2D eigenvalue weighted by atomic mass is 9.86. The molecule has 1 aliphatic heterocycles. The number of benzene rings is 1. The van der Waals surface area contributed by atoms with Gasteiger partial charge in [-0.15, -0.1) is 0 Å². The fourth-order valence-corrected chi connectivity index (χ4v) is 2.25. The SMILES string of the molecule is CC1(C)C(=O)Nc2cc(NC(=O)c3cnc[nH]3)ccc21. The molecule has 0 saturated heterocycles. The summed E-state index contributed by atoms with van der Waals surface area (Å²) < 4.78 is 0. The Balaban J connectivity index is 1.86. The first-order valence-electron chi connectivity index (χ1n) is 6.24. The van der Waals surface area contributed by atoms with Crippen LogP contribution in [0.5, 0.6) is 0 Å². The van der Waals surface area contributed by atoms with Gasteiger partial charge in [-0.25, -0.2) is 4.98 Å². The highest BCUT2D eigenvalue weighted by Gasteiger charge is 2.38. The molecule has 0 aliphatic carbocycles. The molecular weight excluding hydrogens is 256 g/mol. The van der Waals surface area contributed by atoms with Crippen molar-refractivity contribution < 1.29 is 9.59 Å². The summed E-state index contributed by atoms with van der Waals surface area (Å²) in [5.41, 5.74) is 2.14. The Hall–Kier alpha value is -2.63. The summed E-state index contributed by atoms with van der Waals surface area (Å²) >= 11 is 0. The van der Waals surface area contributed by atoms with E-state index in [1.807, 2.05) is 19.9 Å². The number of hydrogen-bond donors (Lipinski definition) is 3. The maximum Gasteiger partial charge on any atom is 0.273 e. The van der Waals surface area contributed by atoms with Gasteiger partial charge in [-0.1, -0.05) is 6.07 Å². The zero-order valence-electron chi connectivity index (χ0n) is 11.2. The van der Waals surface area contributed by atoms with Crippen molar-refractivity contribution in [3.8, 4) is 0 Å². The number of nitrogens with zero attached hydrogens (tertiary/aromatic N) is 1. The number of carbonyl (C=O) groups excluding carboxylic acids is 2. The Morgan fingerprint density at radius 1 is 1.35 bits per heavy atom. The van der Waals surface area contributed by atoms with E-state index in [-0.39, 0.29) is 11.8 Å². The number of carbonyl (C=O) groups is 2. The maximum absolute atomic E-state index is 11.9. The van der Waals surface area contributed by atoms with Gasteiger partial charge in [-0.05, 0) is 31.5 Å². The van der Waals surface area contributed by atoms with E-state index in [1.165, 1.54) is 12.5 Å². The van der Waals surface area contributed by atoms with Gasteiger partial charge in [0.1, 0.15) is 5.69 Å². The Labute approximate surface area is 115 Å². The molecule has 0 atom stereocenters. The van der Waals surface area contributed by atoms with Crippen LogP contribution < -0.4 is 10.6 Å². The molecule has 0 spiro atoms. The number of imidazole rings is 1. The molecule has 1 aliphatic rings. The molecule has 2 aromatic rings. The van der Waals surface area contributed by atoms with E-state index in [4.69, 9.17) is 0 Å². The van der Waals surface area contributed by atoms with E-state index < -0.39 is 5.41 Å². The van der Waals surface area contributed by atoms with Gasteiger partial charge in [0, 0.05) is 11.4 Å². The van der Waals surface area contributed by atoms with Crippen molar-refractivity contribution in [2.75, 3.05) is 10.6 Å². The average Bonchev–Trinajstić information content (AvgIpc) is 2.98. The minimum absolute atomic E-state index is 0.0375. The predicted molar refractivity (Wildman–Crippen MR) is 74.6 cm³/mol. The van der Waals surface area contributed by atoms with E-state index in [1.54, 1.807) is 12.1 Å². The summed E-state index contributed by atoms with van der Waals surface area (Å²) in [6, 6.07) is 5.40. The van der Waals surface area contributed by atoms with Crippen LogP contribution in [0.15, 0.2) is 30.7 Å². The fraction of sp³-hybridized carbons (Fsp3) is 0.214. The zero-order chi connectivity index (χ0) is 14.3. The molecule has 0 bridgehead atoms. The highest BCUT2D eigenvalue weighted by molar-refractivity contribution is 6.07. The van der Waals surface area contributed by atoms with Crippen molar-refractivity contribution in [1.82, 2.24) is 9.97 Å². The van der Waals surface area contributed by atoms with Gasteiger partial charge in [0.2, 0.25) is 5.91 Å². The van der Waals surface area contributed by atoms with Crippen molar-refractivity contribution in [2.24, 2.45) is 0 Å². The second-order valence-electron chi connectivity index (χ2n) is 5.26. The molecule has 6 nitrogen and oxygen atoms in total. The number of nitrogens with one attached hydrogen (secondary N) is 3. The standard InChI is InChI=1S/C14H14N4O2/c1-14(2)9-4-3-8(5-10(9)18-13(14)20)17-12(19)11-6-15-7-16-11/h3-7H,1-2H3,(H,15,16)(H,17,19)(H,18,20). The van der Waals surface area contributed by atoms with Crippen molar-refractivity contribution in [1.29, 1.82) is 0 Å². The maximum atomic E-state index is 11.9. The molecule has 20 heavy (non-hydrogen) atoms. The van der Waals surface area contributed by atoms with Crippen LogP contribution in [0.4, 0.5) is 11.4 Å². The third-order valence-electron chi connectivity index (χ3n) is 3.51. The third-order valence-corrected chi connectivity index (χ3v) is 3.51. The first-order chi connectivity index (χ1) is 9.48. The van der Waals surface area contributed by atoms with E-state index >= 15 is 0 Å². The zero-order valence-corrected chi connectivity index (χ0v) is 11.2. The number of rotatable bonds is 2. The third kappa shape index (κ3) is 1.85. The molecule has 0 unspecified atom stereocenters. The molecule has 6 heteroatoms. The smallest absolute Gasteiger partial charge is 0.273 e. The summed E-state index contributed by atoms with van der Waals surface area (Å²) in [6.45, 7) is 3.74. The average molecular weight is 270 g/mol. The van der Waals surface area contributed by atoms with Crippen LogP contribution in [0.2, 0.25) is 0 Å². The molecule has 102 valence electrons. The topological polar surface area (TPSA) is 86.9 Å². The molecule has 0 saturated carbocycles. The van der Waals surface area contributed by atoms with Gasteiger partial charge in [0.15, 0.2) is 0 Å². The van der Waals surface area contributed by atoms with E-state index in [0.29, 0.717) is 11.4 Å². The number of H-pyrrole nitrogens is 1. The molecular formula is C14H14N4O2. The quantitative estimate of drug-likeness (QED) is 0.778. The summed E-state index contributed by atoms with van der Waals surface area (Å²) in [6.07, 6.45) is 2.90. The molecule has 2 amide bonds. The van der Waals surface area contributed by atoms with E-state index in [9.17, 15) is 9.59 Å². The number of hydrogen-bond acceptors (Lipinski definition) is 3. The number of anilines is 2. The molecule has 1 aromatic carbocycles. The number of amides is 2. The predicted octanol–water partition coefficient (Wildman–Crippen LogP) is 1.89. The normalized spacial score (nSPS) is 15.6. The number of aromatic amines is 1. The van der Waals surface area contributed by atoms with E-state index in [0.717, 1.165) is 11.3 Å². The lowest BCUT2D eigenvalue weighted by molar-refractivity contribution is -0.119. The largest absolute Gasteiger partial charge is 0.341 e. The summed E-state index contributed by atoms with van der Waals surface area (Å²) in [5.74, 6) is -0.310. The molecule has 1 aromatic heterocycles. The highest BCUT2D eigenvalue weighted by atomic mass is 16.2. The first kappa shape index (κ1) is 12.4. The Morgan fingerprint density at radius 2 is 2.15 bits per heavy atom. The van der Waals surface area contributed by atoms with Crippen LogP contribution in [-0.4, -0.2) is 21.8 Å². The van der Waals surface area contributed by atoms with Crippen molar-refractivity contribution in [3.63, 3.8) is 0 Å². The van der Waals surface area contributed by atoms with Gasteiger partial charge in [-0.2, -0.15) is 0 Å². The monoisotopic (exact) mass is 270 g/mol. The number of fused-ring (bicyclic) bond motifs is 1. The van der Waals surface area contributed by atoms with Gasteiger partial charge in [0.05, 0.1) is 17.9 Å². The Kier molecular flexibility index (Phi) is 2.60. The summed E-state index contributed by atoms with van der Waals surface area (Å²) in [7, 11) is 0. The highest BCUT2D eigenvalue weighted by Crippen LogP contribution is 2.38. The second-order valence-corrected chi connectivity index (χ2v) is 5.26. The molecule has 0 fully saturated rings. The van der Waals surface area contributed by atoms with Gasteiger partial charge in [-0.3, -0.25) is 9.59 Å². The van der Waals surface area contributed by atoms with Crippen LogP contribution in [0.1, 0.15) is 29.9 Å². The number of aromatic nitrogens is 2. The molecule has 2 heterocycles. The fourth-order valence-electron chi connectivity index (χ4n) is 2.25. The van der Waals surface area contributed by atoms with Crippen LogP contribution in [0.3, 0.4) is 0 Å². The van der Waals surface area contributed by atoms with Gasteiger partial charge in [0.25, 0.3) is 5.91 Å². The van der Waals surface area contributed by atoms with Crippen LogP contribution >= 0.6 is 0 Å². The van der Waals surface area contributed by atoms with Gasteiger partial charge < -0.3 is 15.6 Å². The second kappa shape index (κ2) is 4.19. The van der Waals surface area contributed by atoms with Crippen molar-refractivity contribution in [2.45, 2.75) is 19.3 Å². The van der Waals surface area contributed by atoms with Crippen LogP contribution in [0.25, 0.3) is 0 Å². The Morgan fingerprint density at radius 3 is 2.85 bits per heavy atom. The summed E-state index contributed by atoms with van der Waals surface area (Å²) in [5, 5.41) is 5.58. The van der Waals surface area contributed by atoms with Crippen LogP contribution in [0, 0.1) is 0 Å². The molecule has 3 rings (SSSR count). The lowest BCUT2D eigenvalue weighted by Crippen LogP contribution is -2.26. The molecule has 0 radical (unpaired) electrons. The van der Waals surface area contributed by atoms with Crippen LogP contribution in [-0.2, 0) is 10.2 Å². The van der Waals surface area contributed by atoms with Crippen molar-refractivity contribution >= 4 is 23.2 Å².